The predicted molar refractivity (Wildman–Crippen MR) is 294 cm³/mol. The van der Waals surface area contributed by atoms with Crippen LogP contribution in [-0.2, 0) is 25.9 Å². The fourth-order valence-corrected chi connectivity index (χ4v) is 9.67. The lowest BCUT2D eigenvalue weighted by molar-refractivity contribution is 0.0504. The molecule has 0 saturated heterocycles. The van der Waals surface area contributed by atoms with Gasteiger partial charge in [0.1, 0.15) is 0 Å². The number of nitrogens with zero attached hydrogens (tertiary/aromatic N) is 3. The Kier molecular flexibility index (Phi) is 15.4. The van der Waals surface area contributed by atoms with Crippen LogP contribution in [0.5, 0.6) is 0 Å². The van der Waals surface area contributed by atoms with E-state index in [1.807, 2.05) is 116 Å². The first-order valence-electron chi connectivity index (χ1n) is 24.9. The highest BCUT2D eigenvalue weighted by atomic mass is 16.2. The third-order valence-corrected chi connectivity index (χ3v) is 13.9. The van der Waals surface area contributed by atoms with Crippen molar-refractivity contribution in [3.05, 3.63) is 177 Å². The Morgan fingerprint density at radius 3 is 0.859 bits per heavy atom. The molecule has 0 spiro atoms. The number of rotatable bonds is 0. The van der Waals surface area contributed by atoms with Gasteiger partial charge in [0.05, 0.1) is 11.1 Å². The fraction of sp³-hybridized carbons (Fsp3) is 0.419. The maximum Gasteiger partial charge on any atom is 0.262 e. The largest absolute Gasteiger partial charge is 0.329 e. The van der Waals surface area contributed by atoms with Gasteiger partial charge in [-0.05, 0) is 133 Å². The van der Waals surface area contributed by atoms with Gasteiger partial charge in [0.15, 0.2) is 11.6 Å². The first-order valence-corrected chi connectivity index (χ1v) is 24.9. The third-order valence-electron chi connectivity index (χ3n) is 13.9. The Balaban J connectivity index is 0.000000467. The van der Waals surface area contributed by atoms with Crippen LogP contribution in [0.2, 0.25) is 0 Å². The van der Waals surface area contributed by atoms with E-state index in [-0.39, 0.29) is 64.5 Å². The Morgan fingerprint density at radius 1 is 0.338 bits per heavy atom. The summed E-state index contributed by atoms with van der Waals surface area (Å²) < 4.78 is 0. The van der Waals surface area contributed by atoms with Crippen LogP contribution in [0, 0.1) is 22.7 Å². The van der Waals surface area contributed by atoms with Crippen molar-refractivity contribution in [1.29, 1.82) is 0 Å². The van der Waals surface area contributed by atoms with Gasteiger partial charge >= 0.3 is 0 Å². The van der Waals surface area contributed by atoms with E-state index in [0.717, 1.165) is 59.3 Å². The number of amides is 4. The Bertz CT molecular complexity index is 2530. The summed E-state index contributed by atoms with van der Waals surface area (Å²) in [4.78, 5) is 77.1. The van der Waals surface area contributed by atoms with Crippen LogP contribution in [0.15, 0.2) is 121 Å². The normalized spacial score (nSPS) is 17.9. The smallest absolute Gasteiger partial charge is 0.262 e. The van der Waals surface area contributed by atoms with E-state index in [2.05, 4.69) is 95.2 Å². The molecule has 384 valence electrons. The molecule has 2 unspecified atom stereocenters. The number of hydrogen-bond acceptors (Lipinski definition) is 6. The molecule has 71 heavy (non-hydrogen) atoms. The van der Waals surface area contributed by atoms with Gasteiger partial charge in [-0.2, -0.15) is 0 Å². The van der Waals surface area contributed by atoms with Crippen molar-refractivity contribution in [3.8, 4) is 0 Å². The molecule has 4 amide bonds. The van der Waals surface area contributed by atoms with Gasteiger partial charge in [0, 0.05) is 70.9 Å². The molecular formula is C62H85N3O6. The van der Waals surface area contributed by atoms with Crippen LogP contribution in [0.1, 0.15) is 195 Å². The molecule has 0 radical (unpaired) electrons. The second kappa shape index (κ2) is 20.3. The number of Topliss-reactive ketones (excluding diaryl/α,β-unsaturated/α-hetero) is 2. The van der Waals surface area contributed by atoms with Gasteiger partial charge in [-0.25, -0.2) is 0 Å². The molecule has 2 atom stereocenters. The van der Waals surface area contributed by atoms with E-state index in [4.69, 9.17) is 0 Å². The summed E-state index contributed by atoms with van der Waals surface area (Å²) >= 11 is 0. The fourth-order valence-electron chi connectivity index (χ4n) is 9.67. The van der Waals surface area contributed by atoms with Crippen molar-refractivity contribution in [1.82, 2.24) is 14.7 Å². The van der Waals surface area contributed by atoms with Crippen molar-refractivity contribution >= 4 is 35.2 Å². The molecule has 5 aliphatic rings. The Labute approximate surface area is 430 Å². The lowest BCUT2D eigenvalue weighted by Gasteiger charge is -2.31. The minimum atomic E-state index is -0.465. The van der Waals surface area contributed by atoms with Crippen LogP contribution >= 0.6 is 0 Å². The summed E-state index contributed by atoms with van der Waals surface area (Å²) in [6, 6.07) is 38.6. The molecule has 9 nitrogen and oxygen atoms in total. The molecule has 10 rings (SSSR count). The van der Waals surface area contributed by atoms with Gasteiger partial charge in [0.25, 0.3) is 23.6 Å². The maximum absolute atomic E-state index is 12.0. The summed E-state index contributed by atoms with van der Waals surface area (Å²) in [5.41, 5.74) is 8.88. The Hall–Kier alpha value is -6.48. The monoisotopic (exact) mass is 973 g/mol. The first kappa shape index (κ1) is 53.9. The minimum absolute atomic E-state index is 0. The molecule has 0 saturated carbocycles. The topological polar surface area (TPSA) is 112 Å². The molecule has 0 N–H and O–H groups in total. The second-order valence-electron chi connectivity index (χ2n) is 24.4. The number of benzene rings is 5. The second-order valence-corrected chi connectivity index (χ2v) is 24.4. The number of imide groups is 1. The van der Waals surface area contributed by atoms with Crippen molar-refractivity contribution in [2.45, 2.75) is 146 Å². The third kappa shape index (κ3) is 11.8. The predicted octanol–water partition coefficient (Wildman–Crippen LogP) is 14.4. The van der Waals surface area contributed by atoms with Crippen molar-refractivity contribution in [3.63, 3.8) is 0 Å². The standard InChI is InChI=1S/2C13H16O.C12H13NO2.2C12H15NO.5H2/c2*1-13(2,3)11-8-9-6-4-5-7-10(9)12(11)14;1-12(2,3)13-10(14)8-6-4-5-7-9(8)11(13)15;2*1-12(2,3)13-8-9-6-4-5-7-10(9)11(13)14;;;;;/h2*4-7,11H,8H2,1-3H3;4-7H,1-3H3;2*4-7H,8H2,1-3H3;5*1H/i;;;;;5*1+1. The molecule has 0 aromatic heterocycles. The van der Waals surface area contributed by atoms with Crippen LogP contribution in [0.4, 0.5) is 0 Å². The van der Waals surface area contributed by atoms with Crippen molar-refractivity contribution < 1.29 is 35.9 Å². The summed E-state index contributed by atoms with van der Waals surface area (Å²) in [6.45, 7) is 32.3. The summed E-state index contributed by atoms with van der Waals surface area (Å²) in [7, 11) is 0. The van der Waals surface area contributed by atoms with Crippen molar-refractivity contribution in [2.75, 3.05) is 0 Å². The first-order chi connectivity index (χ1) is 32.9. The number of fused-ring (bicyclic) bond motifs is 5. The molecule has 3 aliphatic heterocycles. The van der Waals surface area contributed by atoms with E-state index < -0.39 is 5.54 Å². The average Bonchev–Trinajstić information content (AvgIpc) is 4.09. The maximum atomic E-state index is 12.0. The lowest BCUT2D eigenvalue weighted by Crippen LogP contribution is -2.45. The Morgan fingerprint density at radius 2 is 0.606 bits per heavy atom. The van der Waals surface area contributed by atoms with Crippen LogP contribution in [-0.4, -0.2) is 66.5 Å². The van der Waals surface area contributed by atoms with E-state index in [9.17, 15) is 28.8 Å². The van der Waals surface area contributed by atoms with Crippen molar-refractivity contribution in [2.24, 2.45) is 22.7 Å². The molecule has 3 heterocycles. The van der Waals surface area contributed by atoms with Gasteiger partial charge in [0.2, 0.25) is 0 Å². The molecule has 5 aromatic carbocycles. The van der Waals surface area contributed by atoms with Crippen LogP contribution in [0.25, 0.3) is 0 Å². The number of hydrogen-bond donors (Lipinski definition) is 0. The molecule has 0 bridgehead atoms. The summed E-state index contributed by atoms with van der Waals surface area (Å²) in [5.74, 6) is 0.924. The average molecular weight is 973 g/mol. The van der Waals surface area contributed by atoms with Crippen LogP contribution in [0.3, 0.4) is 0 Å². The van der Waals surface area contributed by atoms with Gasteiger partial charge < -0.3 is 9.80 Å². The van der Waals surface area contributed by atoms with Gasteiger partial charge in [-0.3, -0.25) is 33.7 Å². The highest BCUT2D eigenvalue weighted by Crippen LogP contribution is 2.39. The SMILES string of the molecule is CC(C)(C)C1Cc2ccccc2C1=O.CC(C)(C)C1Cc2ccccc2C1=O.CC(C)(C)N1C(=O)c2ccccc2C1=O.CC(C)(C)N1Cc2ccccc2C1=O.CC(C)(C)N1Cc2ccccc2C1=O.[2HH].[2HH].[2HH].[2HH].[2HH]. The zero-order valence-electron chi connectivity index (χ0n) is 44.8. The van der Waals surface area contributed by atoms with E-state index in [1.165, 1.54) is 16.0 Å². The summed E-state index contributed by atoms with van der Waals surface area (Å²) in [5, 5.41) is 0. The van der Waals surface area contributed by atoms with Gasteiger partial charge in [-0.1, -0.05) is 139 Å². The number of carbonyl (C=O) groups excluding carboxylic acids is 6. The lowest BCUT2D eigenvalue weighted by atomic mass is 9.78. The molecular weight excluding hydrogens is 883 g/mol. The van der Waals surface area contributed by atoms with E-state index in [0.29, 0.717) is 22.7 Å². The number of carbonyl (C=O) groups is 6. The quantitative estimate of drug-likeness (QED) is 0.143. The zero-order valence-corrected chi connectivity index (χ0v) is 44.8. The van der Waals surface area contributed by atoms with Gasteiger partial charge in [-0.15, -0.1) is 0 Å². The molecule has 5 aromatic rings. The minimum Gasteiger partial charge on any atom is -0.329 e. The molecule has 2 aliphatic carbocycles. The molecule has 0 fully saturated rings. The molecule has 9 heteroatoms. The zero-order chi connectivity index (χ0) is 52.6. The van der Waals surface area contributed by atoms with E-state index in [1.54, 1.807) is 24.3 Å². The highest BCUT2D eigenvalue weighted by molar-refractivity contribution is 6.21. The number of ketones is 2. The highest BCUT2D eigenvalue weighted by Gasteiger charge is 2.42. The van der Waals surface area contributed by atoms with Crippen LogP contribution < -0.4 is 0 Å². The van der Waals surface area contributed by atoms with E-state index >= 15 is 0 Å². The summed E-state index contributed by atoms with van der Waals surface area (Å²) in [6.07, 6.45) is 1.83.